The Morgan fingerprint density at radius 3 is 2.53 bits per heavy atom. The van der Waals surface area contributed by atoms with Crippen LogP contribution in [-0.2, 0) is 9.47 Å². The quantitative estimate of drug-likeness (QED) is 0.390. The molecule has 1 spiro atoms. The molecule has 0 aromatic carbocycles. The number of rotatable bonds is 7. The number of ether oxygens (including phenoxy) is 2. The molecule has 6 fully saturated rings. The van der Waals surface area contributed by atoms with E-state index in [1.165, 1.54) is 77.0 Å². The number of fused-ring (bicyclic) bond motifs is 4. The molecule has 36 heavy (non-hydrogen) atoms. The highest BCUT2D eigenvalue weighted by atomic mass is 16.5. The van der Waals surface area contributed by atoms with E-state index in [1.54, 1.807) is 0 Å². The number of aliphatic hydroxyl groups is 1. The van der Waals surface area contributed by atoms with Crippen LogP contribution in [0.5, 0.6) is 0 Å². The second-order valence-corrected chi connectivity index (χ2v) is 15.8. The van der Waals surface area contributed by atoms with E-state index < -0.39 is 0 Å². The summed E-state index contributed by atoms with van der Waals surface area (Å²) in [4.78, 5) is 0. The van der Waals surface area contributed by atoms with Crippen LogP contribution in [0.2, 0.25) is 0 Å². The van der Waals surface area contributed by atoms with Gasteiger partial charge in [-0.2, -0.15) is 0 Å². The van der Waals surface area contributed by atoms with Gasteiger partial charge in [0.25, 0.3) is 0 Å². The lowest BCUT2D eigenvalue weighted by Gasteiger charge is -2.61. The molecule has 6 aliphatic rings. The summed E-state index contributed by atoms with van der Waals surface area (Å²) < 4.78 is 12.5. The first-order chi connectivity index (χ1) is 17.1. The maximum absolute atomic E-state index is 10.9. The molecule has 1 heterocycles. The molecule has 6 rings (SSSR count). The van der Waals surface area contributed by atoms with Crippen molar-refractivity contribution >= 4 is 0 Å². The van der Waals surface area contributed by atoms with E-state index in [4.69, 9.17) is 9.47 Å². The summed E-state index contributed by atoms with van der Waals surface area (Å²) in [5.74, 6) is 4.68. The van der Waals surface area contributed by atoms with E-state index >= 15 is 0 Å². The molecule has 5 saturated carbocycles. The van der Waals surface area contributed by atoms with Gasteiger partial charge in [-0.05, 0) is 122 Å². The predicted molar refractivity (Wildman–Crippen MR) is 146 cm³/mol. The van der Waals surface area contributed by atoms with Gasteiger partial charge in [0.05, 0.1) is 18.3 Å². The normalized spacial score (nSPS) is 52.8. The fourth-order valence-electron chi connectivity index (χ4n) is 12.2. The highest BCUT2D eigenvalue weighted by Crippen LogP contribution is 2.82. The zero-order valence-corrected chi connectivity index (χ0v) is 24.4. The van der Waals surface area contributed by atoms with E-state index in [1.807, 2.05) is 7.11 Å². The molecule has 0 aromatic heterocycles. The summed E-state index contributed by atoms with van der Waals surface area (Å²) in [6, 6.07) is 0. The van der Waals surface area contributed by atoms with Crippen molar-refractivity contribution in [2.45, 2.75) is 136 Å². The molecule has 5 aliphatic carbocycles. The summed E-state index contributed by atoms with van der Waals surface area (Å²) in [6.45, 7) is 13.7. The number of aliphatic hydroxyl groups excluding tert-OH is 1. The van der Waals surface area contributed by atoms with Gasteiger partial charge in [0.2, 0.25) is 0 Å². The zero-order valence-electron chi connectivity index (χ0n) is 24.4. The second kappa shape index (κ2) is 8.95. The third-order valence-corrected chi connectivity index (χ3v) is 14.1. The van der Waals surface area contributed by atoms with E-state index in [0.717, 1.165) is 42.6 Å². The van der Waals surface area contributed by atoms with Crippen LogP contribution >= 0.6 is 0 Å². The molecular weight excluding hydrogens is 444 g/mol. The predicted octanol–water partition coefficient (Wildman–Crippen LogP) is 7.64. The number of methoxy groups -OCH3 is 1. The van der Waals surface area contributed by atoms with Crippen molar-refractivity contribution in [2.24, 2.45) is 57.2 Å². The Morgan fingerprint density at radius 1 is 1.03 bits per heavy atom. The summed E-state index contributed by atoms with van der Waals surface area (Å²) in [6.07, 6.45) is 17.8. The molecule has 0 bridgehead atoms. The van der Waals surface area contributed by atoms with Crippen LogP contribution < -0.4 is 0 Å². The Labute approximate surface area is 221 Å². The van der Waals surface area contributed by atoms with Crippen LogP contribution in [0.25, 0.3) is 0 Å². The highest BCUT2D eigenvalue weighted by molar-refractivity contribution is 5.28. The monoisotopic (exact) mass is 500 g/mol. The summed E-state index contributed by atoms with van der Waals surface area (Å²) in [7, 11) is 1.96. The SMILES string of the molecule is CO[C@@H]1C[C@H]2[C@@H]3CC[C@H]([C@@H](C)CCCC(C)(C)C4CCCCO4)[C@@]3(C)CC[C@@H]2[C@@]2(C)CC(O)[C@H]3C[C@]312. The van der Waals surface area contributed by atoms with Gasteiger partial charge in [0.15, 0.2) is 0 Å². The van der Waals surface area contributed by atoms with Gasteiger partial charge in [0.1, 0.15) is 0 Å². The minimum absolute atomic E-state index is 0.0840. The van der Waals surface area contributed by atoms with Crippen molar-refractivity contribution in [3.05, 3.63) is 0 Å². The molecule has 1 N–H and O–H groups in total. The minimum atomic E-state index is -0.0840. The molecule has 0 radical (unpaired) electrons. The lowest BCUT2D eigenvalue weighted by molar-refractivity contribution is -0.161. The first-order valence-corrected chi connectivity index (χ1v) is 15.9. The van der Waals surface area contributed by atoms with Crippen molar-refractivity contribution in [3.63, 3.8) is 0 Å². The third-order valence-electron chi connectivity index (χ3n) is 14.1. The second-order valence-electron chi connectivity index (χ2n) is 15.8. The van der Waals surface area contributed by atoms with Crippen molar-refractivity contribution < 1.29 is 14.6 Å². The smallest absolute Gasteiger partial charge is 0.0639 e. The van der Waals surface area contributed by atoms with Crippen molar-refractivity contribution in [2.75, 3.05) is 13.7 Å². The lowest BCUT2D eigenvalue weighted by atomic mass is 9.45. The number of hydrogen-bond acceptors (Lipinski definition) is 3. The first kappa shape index (κ1) is 26.1. The molecule has 3 nitrogen and oxygen atoms in total. The summed E-state index contributed by atoms with van der Waals surface area (Å²) in [5, 5.41) is 10.9. The maximum Gasteiger partial charge on any atom is 0.0639 e. The van der Waals surface area contributed by atoms with Gasteiger partial charge in [-0.15, -0.1) is 0 Å². The fraction of sp³-hybridized carbons (Fsp3) is 1.00. The average Bonchev–Trinajstić information content (AvgIpc) is 3.44. The minimum Gasteiger partial charge on any atom is -0.393 e. The molecular formula is C33H56O3. The highest BCUT2D eigenvalue weighted by Gasteiger charge is 2.80. The van der Waals surface area contributed by atoms with E-state index in [0.29, 0.717) is 34.4 Å². The topological polar surface area (TPSA) is 38.7 Å². The molecule has 2 unspecified atom stereocenters. The molecule has 3 heteroatoms. The Hall–Kier alpha value is -0.120. The summed E-state index contributed by atoms with van der Waals surface area (Å²) in [5.41, 5.74) is 1.39. The average molecular weight is 501 g/mol. The standard InChI is InChI=1S/C33H56O3/c1-21(10-9-15-30(2,3)28-11-7-8-17-36-28)23-12-13-24-22-18-29(35-6)33-19-26(33)27(34)20-32(33,5)25(22)14-16-31(23,24)4/h21-29,34H,7-20H2,1-6H3/t21-,22-,23+,24-,25-,26+,27?,28?,29+,31+,32+,33-/m0/s1. The van der Waals surface area contributed by atoms with E-state index in [2.05, 4.69) is 34.6 Å². The maximum atomic E-state index is 10.9. The first-order valence-electron chi connectivity index (χ1n) is 15.9. The zero-order chi connectivity index (χ0) is 25.5. The van der Waals surface area contributed by atoms with Crippen LogP contribution in [0.3, 0.4) is 0 Å². The molecule has 1 saturated heterocycles. The van der Waals surface area contributed by atoms with Crippen LogP contribution in [-0.4, -0.2) is 37.1 Å². The molecule has 206 valence electrons. The van der Waals surface area contributed by atoms with Crippen molar-refractivity contribution in [1.82, 2.24) is 0 Å². The van der Waals surface area contributed by atoms with Crippen LogP contribution in [0, 0.1) is 57.2 Å². The van der Waals surface area contributed by atoms with E-state index in [9.17, 15) is 5.11 Å². The Morgan fingerprint density at radius 2 is 1.83 bits per heavy atom. The van der Waals surface area contributed by atoms with Crippen LogP contribution in [0.4, 0.5) is 0 Å². The Bertz CT molecular complexity index is 818. The van der Waals surface area contributed by atoms with Crippen LogP contribution in [0.15, 0.2) is 0 Å². The largest absolute Gasteiger partial charge is 0.393 e. The number of hydrogen-bond donors (Lipinski definition) is 1. The van der Waals surface area contributed by atoms with Gasteiger partial charge in [-0.1, -0.05) is 47.5 Å². The van der Waals surface area contributed by atoms with Crippen LogP contribution in [0.1, 0.15) is 118 Å². The molecule has 1 aliphatic heterocycles. The van der Waals surface area contributed by atoms with Gasteiger partial charge in [0, 0.05) is 19.1 Å². The fourth-order valence-corrected chi connectivity index (χ4v) is 12.2. The molecule has 0 amide bonds. The Kier molecular flexibility index (Phi) is 6.49. The van der Waals surface area contributed by atoms with Crippen molar-refractivity contribution in [1.29, 1.82) is 0 Å². The van der Waals surface area contributed by atoms with Crippen molar-refractivity contribution in [3.8, 4) is 0 Å². The van der Waals surface area contributed by atoms with Gasteiger partial charge in [-0.25, -0.2) is 0 Å². The van der Waals surface area contributed by atoms with Gasteiger partial charge < -0.3 is 14.6 Å². The summed E-state index contributed by atoms with van der Waals surface area (Å²) >= 11 is 0. The molecule has 12 atom stereocenters. The Balaban J connectivity index is 1.12. The van der Waals surface area contributed by atoms with Gasteiger partial charge >= 0.3 is 0 Å². The van der Waals surface area contributed by atoms with Gasteiger partial charge in [-0.3, -0.25) is 0 Å². The van der Waals surface area contributed by atoms with E-state index in [-0.39, 0.29) is 11.5 Å². The third kappa shape index (κ3) is 3.60. The molecule has 0 aromatic rings. The lowest BCUT2D eigenvalue weighted by Crippen LogP contribution is -2.57.